The topological polar surface area (TPSA) is 70.2 Å². The molecule has 0 saturated heterocycles. The Bertz CT molecular complexity index is 574. The lowest BCUT2D eigenvalue weighted by molar-refractivity contribution is -0.122. The average Bonchev–Trinajstić information content (AvgIpc) is 2.52. The van der Waals surface area contributed by atoms with E-state index in [4.69, 9.17) is 0 Å². The summed E-state index contributed by atoms with van der Waals surface area (Å²) in [6.45, 7) is 9.83. The van der Waals surface area contributed by atoms with Gasteiger partial charge in [-0.2, -0.15) is 0 Å². The van der Waals surface area contributed by atoms with Crippen molar-refractivity contribution in [2.75, 3.05) is 19.6 Å². The Hall–Kier alpha value is -1.95. The van der Waals surface area contributed by atoms with Gasteiger partial charge in [0.15, 0.2) is 0 Å². The van der Waals surface area contributed by atoms with Crippen molar-refractivity contribution in [2.45, 2.75) is 46.1 Å². The monoisotopic (exact) mass is 351 g/mol. The number of benzene rings is 1. The molecule has 0 aliphatic heterocycles. The average molecular weight is 351 g/mol. The van der Waals surface area contributed by atoms with Crippen LogP contribution in [0.15, 0.2) is 24.3 Å². The first-order valence-corrected chi connectivity index (χ1v) is 8.76. The van der Waals surface area contributed by atoms with Crippen molar-refractivity contribution in [1.82, 2.24) is 16.0 Å². The summed E-state index contributed by atoms with van der Waals surface area (Å²) >= 11 is 0. The molecular weight excluding hydrogens is 321 g/mol. The molecule has 2 amide bonds. The fraction of sp³-hybridized carbons (Fsp3) is 0.579. The molecule has 0 saturated carbocycles. The molecule has 0 aliphatic carbocycles. The molecule has 0 radical (unpaired) electrons. The predicted molar refractivity (Wildman–Crippen MR) is 97.9 cm³/mol. The number of rotatable bonds is 10. The zero-order chi connectivity index (χ0) is 18.9. The van der Waals surface area contributed by atoms with Crippen LogP contribution in [0.4, 0.5) is 4.39 Å². The lowest BCUT2D eigenvalue weighted by Gasteiger charge is -2.26. The molecule has 25 heavy (non-hydrogen) atoms. The number of nitrogens with one attached hydrogen (secondary N) is 3. The highest BCUT2D eigenvalue weighted by atomic mass is 19.1. The molecule has 0 aliphatic rings. The van der Waals surface area contributed by atoms with Crippen molar-refractivity contribution in [1.29, 1.82) is 0 Å². The van der Waals surface area contributed by atoms with Crippen LogP contribution in [0, 0.1) is 11.7 Å². The first-order chi connectivity index (χ1) is 11.7. The van der Waals surface area contributed by atoms with E-state index < -0.39 is 11.7 Å². The van der Waals surface area contributed by atoms with Crippen LogP contribution in [-0.4, -0.2) is 37.0 Å². The summed E-state index contributed by atoms with van der Waals surface area (Å²) in [5.74, 6) is -0.478. The van der Waals surface area contributed by atoms with E-state index in [9.17, 15) is 14.0 Å². The van der Waals surface area contributed by atoms with Gasteiger partial charge in [-0.25, -0.2) is 4.39 Å². The van der Waals surface area contributed by atoms with E-state index in [2.05, 4.69) is 29.8 Å². The molecule has 0 spiro atoms. The maximum absolute atomic E-state index is 13.5. The molecular formula is C19H30FN3O2. The van der Waals surface area contributed by atoms with E-state index in [0.717, 1.165) is 0 Å². The normalized spacial score (nSPS) is 11.4. The van der Waals surface area contributed by atoms with Crippen molar-refractivity contribution in [3.05, 3.63) is 35.6 Å². The summed E-state index contributed by atoms with van der Waals surface area (Å²) in [5, 5.41) is 8.92. The number of carbonyl (C=O) groups is 2. The molecule has 6 heteroatoms. The van der Waals surface area contributed by atoms with Gasteiger partial charge >= 0.3 is 0 Å². The van der Waals surface area contributed by atoms with Gasteiger partial charge in [0, 0.05) is 25.0 Å². The van der Waals surface area contributed by atoms with Gasteiger partial charge in [0.1, 0.15) is 5.82 Å². The predicted octanol–water partition coefficient (Wildman–Crippen LogP) is 2.48. The minimum atomic E-state index is -0.522. The van der Waals surface area contributed by atoms with Crippen molar-refractivity contribution >= 4 is 11.8 Å². The highest BCUT2D eigenvalue weighted by Gasteiger charge is 2.21. The largest absolute Gasteiger partial charge is 0.356 e. The lowest BCUT2D eigenvalue weighted by Crippen LogP contribution is -2.45. The zero-order valence-corrected chi connectivity index (χ0v) is 15.6. The summed E-state index contributed by atoms with van der Waals surface area (Å²) < 4.78 is 13.5. The molecule has 0 atom stereocenters. The Balaban J connectivity index is 2.24. The van der Waals surface area contributed by atoms with Crippen LogP contribution in [0.5, 0.6) is 0 Å². The van der Waals surface area contributed by atoms with Crippen molar-refractivity contribution < 1.29 is 14.0 Å². The maximum atomic E-state index is 13.5. The van der Waals surface area contributed by atoms with Crippen LogP contribution in [0.3, 0.4) is 0 Å². The third-order valence-electron chi connectivity index (χ3n) is 3.67. The number of hydrogen-bond donors (Lipinski definition) is 3. The van der Waals surface area contributed by atoms with Crippen LogP contribution in [-0.2, 0) is 4.79 Å². The summed E-state index contributed by atoms with van der Waals surface area (Å²) in [7, 11) is 0. The highest BCUT2D eigenvalue weighted by molar-refractivity contribution is 5.94. The molecule has 0 unspecified atom stereocenters. The van der Waals surface area contributed by atoms with E-state index in [1.165, 1.54) is 12.1 Å². The van der Waals surface area contributed by atoms with Crippen LogP contribution < -0.4 is 16.0 Å². The van der Waals surface area contributed by atoms with Crippen LogP contribution in [0.2, 0.25) is 0 Å². The molecule has 1 aromatic rings. The van der Waals surface area contributed by atoms with E-state index in [-0.39, 0.29) is 17.0 Å². The van der Waals surface area contributed by atoms with Crippen molar-refractivity contribution in [2.24, 2.45) is 5.92 Å². The third-order valence-corrected chi connectivity index (χ3v) is 3.67. The number of hydrogen-bond acceptors (Lipinski definition) is 3. The summed E-state index contributed by atoms with van der Waals surface area (Å²) in [4.78, 5) is 23.8. The molecule has 0 bridgehead atoms. The van der Waals surface area contributed by atoms with Crippen LogP contribution in [0.25, 0.3) is 0 Å². The van der Waals surface area contributed by atoms with Gasteiger partial charge in [0.05, 0.1) is 5.56 Å². The first-order valence-electron chi connectivity index (χ1n) is 8.76. The van der Waals surface area contributed by atoms with Crippen LogP contribution >= 0.6 is 0 Å². The van der Waals surface area contributed by atoms with Gasteiger partial charge in [-0.15, -0.1) is 0 Å². The summed E-state index contributed by atoms with van der Waals surface area (Å²) in [6, 6.07) is 5.91. The Morgan fingerprint density at radius 3 is 2.44 bits per heavy atom. The second-order valence-corrected chi connectivity index (χ2v) is 7.27. The molecule has 140 valence electrons. The molecule has 1 aromatic carbocycles. The Morgan fingerprint density at radius 2 is 1.80 bits per heavy atom. The molecule has 1 rings (SSSR count). The standard InChI is InChI=1S/C19H30FN3O2/c1-14(2)13-22-17(24)12-19(3,4)23-11-7-10-21-18(25)15-8-5-6-9-16(15)20/h5-6,8-9,14,23H,7,10-13H2,1-4H3,(H,21,25)(H,22,24). The summed E-state index contributed by atoms with van der Waals surface area (Å²) in [6.07, 6.45) is 1.08. The Labute approximate surface area is 149 Å². The lowest BCUT2D eigenvalue weighted by atomic mass is 10.00. The smallest absolute Gasteiger partial charge is 0.254 e. The van der Waals surface area contributed by atoms with E-state index in [1.807, 2.05) is 13.8 Å². The van der Waals surface area contributed by atoms with Gasteiger partial charge in [-0.1, -0.05) is 26.0 Å². The number of amides is 2. The minimum Gasteiger partial charge on any atom is -0.356 e. The summed E-state index contributed by atoms with van der Waals surface area (Å²) in [5.41, 5.74) is -0.269. The number of carbonyl (C=O) groups excluding carboxylic acids is 2. The second-order valence-electron chi connectivity index (χ2n) is 7.27. The van der Waals surface area contributed by atoms with Gasteiger partial charge in [0.2, 0.25) is 5.91 Å². The third kappa shape index (κ3) is 8.63. The maximum Gasteiger partial charge on any atom is 0.254 e. The van der Waals surface area contributed by atoms with E-state index in [0.29, 0.717) is 38.4 Å². The number of halogens is 1. The Morgan fingerprint density at radius 1 is 1.12 bits per heavy atom. The molecule has 0 fully saturated rings. The quantitative estimate of drug-likeness (QED) is 0.567. The fourth-order valence-electron chi connectivity index (χ4n) is 2.30. The van der Waals surface area contributed by atoms with E-state index >= 15 is 0 Å². The van der Waals surface area contributed by atoms with Gasteiger partial charge in [0.25, 0.3) is 5.91 Å². The van der Waals surface area contributed by atoms with Crippen LogP contribution in [0.1, 0.15) is 50.9 Å². The molecule has 0 aromatic heterocycles. The SMILES string of the molecule is CC(C)CNC(=O)CC(C)(C)NCCCNC(=O)c1ccccc1F. The molecule has 5 nitrogen and oxygen atoms in total. The second kappa shape index (κ2) is 10.1. The van der Waals surface area contributed by atoms with Crippen molar-refractivity contribution in [3.63, 3.8) is 0 Å². The zero-order valence-electron chi connectivity index (χ0n) is 15.6. The van der Waals surface area contributed by atoms with E-state index in [1.54, 1.807) is 12.1 Å². The first kappa shape index (κ1) is 21.1. The fourth-order valence-corrected chi connectivity index (χ4v) is 2.30. The highest BCUT2D eigenvalue weighted by Crippen LogP contribution is 2.08. The van der Waals surface area contributed by atoms with Gasteiger partial charge in [-0.05, 0) is 44.9 Å². The Kier molecular flexibility index (Phi) is 8.55. The van der Waals surface area contributed by atoms with Gasteiger partial charge in [-0.3, -0.25) is 9.59 Å². The van der Waals surface area contributed by atoms with Gasteiger partial charge < -0.3 is 16.0 Å². The molecule has 0 heterocycles. The molecule has 3 N–H and O–H groups in total. The minimum absolute atomic E-state index is 0.0269. The van der Waals surface area contributed by atoms with Crippen molar-refractivity contribution in [3.8, 4) is 0 Å².